The minimum absolute atomic E-state index is 0.205. The van der Waals surface area contributed by atoms with E-state index >= 15 is 0 Å². The van der Waals surface area contributed by atoms with Crippen LogP contribution < -0.4 is 22.1 Å². The summed E-state index contributed by atoms with van der Waals surface area (Å²) in [5.41, 5.74) is 10.9. The summed E-state index contributed by atoms with van der Waals surface area (Å²) in [6.45, 7) is 3.17. The molecular weight excluding hydrogens is 314 g/mol. The van der Waals surface area contributed by atoms with Gasteiger partial charge in [-0.15, -0.1) is 0 Å². The molecule has 0 saturated carbocycles. The molecule has 1 aromatic rings. The summed E-state index contributed by atoms with van der Waals surface area (Å²) < 4.78 is 0. The average Bonchev–Trinajstić information content (AvgIpc) is 2.53. The molecule has 0 aromatic carbocycles. The first-order chi connectivity index (χ1) is 11.3. The lowest BCUT2D eigenvalue weighted by Gasteiger charge is -2.08. The lowest BCUT2D eigenvalue weighted by Crippen LogP contribution is -2.11. The highest BCUT2D eigenvalue weighted by Crippen LogP contribution is 2.10. The molecular formula is C15H30ClN7. The minimum atomic E-state index is 0.205. The van der Waals surface area contributed by atoms with Gasteiger partial charge in [-0.1, -0.05) is 25.7 Å². The molecule has 0 fully saturated rings. The summed E-state index contributed by atoms with van der Waals surface area (Å²) in [5.74, 6) is 1.05. The maximum atomic E-state index is 5.94. The van der Waals surface area contributed by atoms with Crippen molar-refractivity contribution in [1.29, 1.82) is 0 Å². The van der Waals surface area contributed by atoms with Crippen LogP contribution in [0.1, 0.15) is 51.4 Å². The van der Waals surface area contributed by atoms with Crippen LogP contribution >= 0.6 is 11.6 Å². The third kappa shape index (κ3) is 10.3. The standard InChI is InChI=1S/C15H30ClN7/c16-13-21-14(19-11-7-3-1-5-9-17)23-15(22-13)20-12-8-4-2-6-10-18/h1-12,17-18H2,(H2,19,20,21,22,23). The maximum absolute atomic E-state index is 5.94. The topological polar surface area (TPSA) is 115 Å². The van der Waals surface area contributed by atoms with Crippen LogP contribution in [-0.4, -0.2) is 41.1 Å². The van der Waals surface area contributed by atoms with E-state index < -0.39 is 0 Å². The average molecular weight is 344 g/mol. The van der Waals surface area contributed by atoms with Crippen molar-refractivity contribution in [3.8, 4) is 0 Å². The summed E-state index contributed by atoms with van der Waals surface area (Å²) in [4.78, 5) is 12.5. The Bertz CT molecular complexity index is 383. The van der Waals surface area contributed by atoms with Gasteiger partial charge in [0.25, 0.3) is 0 Å². The van der Waals surface area contributed by atoms with Crippen molar-refractivity contribution >= 4 is 23.5 Å². The summed E-state index contributed by atoms with van der Waals surface area (Å²) in [5, 5.41) is 6.58. The predicted molar refractivity (Wildman–Crippen MR) is 96.9 cm³/mol. The zero-order valence-corrected chi connectivity index (χ0v) is 14.6. The zero-order valence-electron chi connectivity index (χ0n) is 13.9. The van der Waals surface area contributed by atoms with Crippen LogP contribution in [0.2, 0.25) is 5.28 Å². The van der Waals surface area contributed by atoms with E-state index in [1.165, 1.54) is 0 Å². The van der Waals surface area contributed by atoms with Crippen LogP contribution in [0, 0.1) is 0 Å². The number of nitrogens with two attached hydrogens (primary N) is 2. The molecule has 0 atom stereocenters. The second kappa shape index (κ2) is 13.3. The molecule has 0 aliphatic carbocycles. The lowest BCUT2D eigenvalue weighted by molar-refractivity contribution is 0.658. The number of hydrogen-bond donors (Lipinski definition) is 4. The van der Waals surface area contributed by atoms with E-state index in [9.17, 15) is 0 Å². The lowest BCUT2D eigenvalue weighted by atomic mass is 10.2. The first-order valence-corrected chi connectivity index (χ1v) is 8.93. The molecule has 0 unspecified atom stereocenters. The molecule has 0 bridgehead atoms. The third-order valence-corrected chi connectivity index (χ3v) is 3.61. The smallest absolute Gasteiger partial charge is 0.228 e. The molecule has 0 spiro atoms. The summed E-state index contributed by atoms with van der Waals surface area (Å²) in [7, 11) is 0. The van der Waals surface area contributed by atoms with Gasteiger partial charge in [0.1, 0.15) is 0 Å². The Morgan fingerprint density at radius 3 is 1.52 bits per heavy atom. The molecule has 0 radical (unpaired) electrons. The highest BCUT2D eigenvalue weighted by molar-refractivity contribution is 6.28. The molecule has 0 aliphatic heterocycles. The van der Waals surface area contributed by atoms with Crippen LogP contribution in [0.25, 0.3) is 0 Å². The number of rotatable bonds is 14. The Morgan fingerprint density at radius 1 is 0.652 bits per heavy atom. The summed E-state index contributed by atoms with van der Waals surface area (Å²) in [6, 6.07) is 0. The van der Waals surface area contributed by atoms with Gasteiger partial charge in [-0.05, 0) is 50.4 Å². The van der Waals surface area contributed by atoms with Crippen LogP contribution in [0.5, 0.6) is 0 Å². The Hall–Kier alpha value is -1.18. The molecule has 1 aromatic heterocycles. The third-order valence-electron chi connectivity index (χ3n) is 3.44. The van der Waals surface area contributed by atoms with Gasteiger partial charge in [0.15, 0.2) is 0 Å². The van der Waals surface area contributed by atoms with E-state index in [2.05, 4.69) is 25.6 Å². The fraction of sp³-hybridized carbons (Fsp3) is 0.800. The van der Waals surface area contributed by atoms with Crippen LogP contribution in [0.15, 0.2) is 0 Å². The van der Waals surface area contributed by atoms with E-state index in [4.69, 9.17) is 23.1 Å². The number of aromatic nitrogens is 3. The molecule has 132 valence electrons. The van der Waals surface area contributed by atoms with Crippen molar-refractivity contribution in [3.63, 3.8) is 0 Å². The molecule has 1 rings (SSSR count). The van der Waals surface area contributed by atoms with Gasteiger partial charge in [0.05, 0.1) is 0 Å². The molecule has 0 saturated heterocycles. The largest absolute Gasteiger partial charge is 0.354 e. The molecule has 7 nitrogen and oxygen atoms in total. The maximum Gasteiger partial charge on any atom is 0.228 e. The number of halogens is 1. The SMILES string of the molecule is NCCCCCCNc1nc(Cl)nc(NCCCCCCN)n1. The van der Waals surface area contributed by atoms with E-state index in [-0.39, 0.29) is 5.28 Å². The summed E-state index contributed by atoms with van der Waals surface area (Å²) in [6.07, 6.45) is 8.91. The van der Waals surface area contributed by atoms with Gasteiger partial charge < -0.3 is 22.1 Å². The molecule has 0 aliphatic rings. The quantitative estimate of drug-likeness (QED) is 0.383. The number of nitrogens with one attached hydrogen (secondary N) is 2. The Labute approximate surface area is 144 Å². The number of anilines is 2. The second-order valence-electron chi connectivity index (χ2n) is 5.51. The molecule has 1 heterocycles. The van der Waals surface area contributed by atoms with Crippen molar-refractivity contribution < 1.29 is 0 Å². The normalized spacial score (nSPS) is 10.7. The highest BCUT2D eigenvalue weighted by atomic mass is 35.5. The van der Waals surface area contributed by atoms with E-state index in [1.807, 2.05) is 0 Å². The zero-order chi connectivity index (χ0) is 16.8. The van der Waals surface area contributed by atoms with Crippen molar-refractivity contribution in [2.45, 2.75) is 51.4 Å². The first kappa shape index (κ1) is 19.9. The van der Waals surface area contributed by atoms with Gasteiger partial charge in [-0.2, -0.15) is 15.0 Å². The molecule has 8 heteroatoms. The van der Waals surface area contributed by atoms with Crippen LogP contribution in [0.4, 0.5) is 11.9 Å². The summed E-state index contributed by atoms with van der Waals surface area (Å²) >= 11 is 5.94. The first-order valence-electron chi connectivity index (χ1n) is 8.55. The van der Waals surface area contributed by atoms with Crippen molar-refractivity contribution in [1.82, 2.24) is 15.0 Å². The number of nitrogens with zero attached hydrogens (tertiary/aromatic N) is 3. The number of hydrogen-bond acceptors (Lipinski definition) is 7. The van der Waals surface area contributed by atoms with Gasteiger partial charge in [-0.3, -0.25) is 0 Å². The minimum Gasteiger partial charge on any atom is -0.354 e. The highest BCUT2D eigenvalue weighted by Gasteiger charge is 2.04. The second-order valence-corrected chi connectivity index (χ2v) is 5.85. The van der Waals surface area contributed by atoms with Crippen molar-refractivity contribution in [2.24, 2.45) is 11.5 Å². The monoisotopic (exact) mass is 343 g/mol. The van der Waals surface area contributed by atoms with E-state index in [0.29, 0.717) is 11.9 Å². The van der Waals surface area contributed by atoms with Crippen LogP contribution in [-0.2, 0) is 0 Å². The van der Waals surface area contributed by atoms with E-state index in [0.717, 1.165) is 77.5 Å². The van der Waals surface area contributed by atoms with Crippen LogP contribution in [0.3, 0.4) is 0 Å². The molecule has 23 heavy (non-hydrogen) atoms. The van der Waals surface area contributed by atoms with E-state index in [1.54, 1.807) is 0 Å². The Kier molecular flexibility index (Phi) is 11.5. The van der Waals surface area contributed by atoms with Crippen molar-refractivity contribution in [3.05, 3.63) is 5.28 Å². The van der Waals surface area contributed by atoms with Crippen molar-refractivity contribution in [2.75, 3.05) is 36.8 Å². The molecule has 0 amide bonds. The van der Waals surface area contributed by atoms with Gasteiger partial charge in [-0.25, -0.2) is 0 Å². The fourth-order valence-corrected chi connectivity index (χ4v) is 2.31. The Morgan fingerprint density at radius 2 is 1.09 bits per heavy atom. The van der Waals surface area contributed by atoms with Gasteiger partial charge in [0.2, 0.25) is 17.2 Å². The Balaban J connectivity index is 2.25. The predicted octanol–water partition coefficient (Wildman–Crippen LogP) is 2.39. The van der Waals surface area contributed by atoms with Gasteiger partial charge in [0, 0.05) is 13.1 Å². The van der Waals surface area contributed by atoms with Gasteiger partial charge >= 0.3 is 0 Å². The molecule has 6 N–H and O–H groups in total. The fourth-order valence-electron chi connectivity index (χ4n) is 2.15. The number of unbranched alkanes of at least 4 members (excludes halogenated alkanes) is 6.